The van der Waals surface area contributed by atoms with Gasteiger partial charge >= 0.3 is 6.18 Å². The maximum absolute atomic E-state index is 15.5. The fourth-order valence-electron chi connectivity index (χ4n) is 14.6. The van der Waals surface area contributed by atoms with E-state index in [0.717, 1.165) is 58.9 Å². The number of fused-ring (bicyclic) bond motifs is 1. The molecule has 0 radical (unpaired) electrons. The maximum atomic E-state index is 15.5. The first-order valence-corrected chi connectivity index (χ1v) is 35.6. The fraction of sp³-hybridized carbons (Fsp3) is 0.743. The van der Waals surface area contributed by atoms with Crippen LogP contribution in [0.1, 0.15) is 175 Å². The van der Waals surface area contributed by atoms with Crippen LogP contribution in [-0.4, -0.2) is 251 Å². The van der Waals surface area contributed by atoms with Crippen molar-refractivity contribution >= 4 is 82.5 Å². The number of carbonyl (C=O) groups is 12. The predicted octanol–water partition coefficient (Wildman–Crippen LogP) is 5.50. The van der Waals surface area contributed by atoms with Crippen molar-refractivity contribution in [3.8, 4) is 0 Å². The van der Waals surface area contributed by atoms with Gasteiger partial charge in [0.1, 0.15) is 47.8 Å². The third-order valence-corrected chi connectivity index (χ3v) is 21.5. The molecule has 3 heterocycles. The molecule has 1 aromatic rings. The summed E-state index contributed by atoms with van der Waals surface area (Å²) in [5, 5.41) is 8.10. The number of benzene rings is 1. The van der Waals surface area contributed by atoms with Gasteiger partial charge in [0.2, 0.25) is 70.9 Å². The van der Waals surface area contributed by atoms with E-state index >= 15 is 19.2 Å². The summed E-state index contributed by atoms with van der Waals surface area (Å²) in [6.07, 6.45) is 2.99. The number of likely N-dealkylation sites (tertiary alicyclic amines) is 1. The number of hydrogen-bond donors (Lipinski definition) is 3. The molecule has 3 N–H and O–H groups in total. The Labute approximate surface area is 581 Å². The number of hydrogen-bond acceptors (Lipinski definition) is 12. The zero-order chi connectivity index (χ0) is 72.8. The Kier molecular flexibility index (Phi) is 28.8. The Morgan fingerprint density at radius 1 is 0.622 bits per heavy atom. The molecule has 98 heavy (non-hydrogen) atoms. The van der Waals surface area contributed by atoms with Gasteiger partial charge < -0.3 is 60.0 Å². The molecule has 3 saturated heterocycles. The smallest absolute Gasteiger partial charge is 0.343 e. The minimum atomic E-state index is -4.76. The molecule has 0 aromatic heterocycles. The average Bonchev–Trinajstić information content (AvgIpc) is 1.37. The van der Waals surface area contributed by atoms with Crippen LogP contribution in [0, 0.1) is 23.7 Å². The Bertz CT molecular complexity index is 3050. The number of nitrogens with zero attached hydrogens (tertiary/aromatic N) is 9. The number of likely N-dealkylation sites (N-methyl/N-ethyl adjacent to an activating group) is 7. The van der Waals surface area contributed by atoms with Crippen LogP contribution in [0.3, 0.4) is 0 Å². The van der Waals surface area contributed by atoms with Crippen molar-refractivity contribution in [2.45, 2.75) is 224 Å². The average molecular weight is 1400 g/mol. The normalized spacial score (nSPS) is 26.3. The van der Waals surface area contributed by atoms with Crippen LogP contribution < -0.4 is 16.0 Å². The number of halogens is 4. The fourth-order valence-corrected chi connectivity index (χ4v) is 14.9. The molecule has 3 aliphatic heterocycles. The Balaban J connectivity index is 1.42. The van der Waals surface area contributed by atoms with Gasteiger partial charge in [0, 0.05) is 69.0 Å². The molecule has 1 unspecified atom stereocenters. The molecule has 9 atom stereocenters. The third kappa shape index (κ3) is 19.9. The zero-order valence-electron chi connectivity index (χ0n) is 59.9. The van der Waals surface area contributed by atoms with Gasteiger partial charge in [0.05, 0.1) is 36.6 Å². The van der Waals surface area contributed by atoms with E-state index in [1.165, 1.54) is 79.9 Å². The summed E-state index contributed by atoms with van der Waals surface area (Å²) >= 11 is 6.14. The lowest BCUT2D eigenvalue weighted by atomic mass is 9.84. The van der Waals surface area contributed by atoms with Crippen LogP contribution in [0.4, 0.5) is 13.2 Å². The van der Waals surface area contributed by atoms with Crippen LogP contribution >= 0.6 is 11.6 Å². The van der Waals surface area contributed by atoms with Gasteiger partial charge in [-0.1, -0.05) is 117 Å². The van der Waals surface area contributed by atoms with E-state index in [1.54, 1.807) is 18.7 Å². The Hall–Kier alpha value is -7.06. The molecule has 548 valence electrons. The minimum absolute atomic E-state index is 0.0185. The molecule has 2 aliphatic carbocycles. The van der Waals surface area contributed by atoms with E-state index in [1.807, 2.05) is 27.7 Å². The molecule has 5 aliphatic rings. The number of alkyl halides is 3. The summed E-state index contributed by atoms with van der Waals surface area (Å²) in [6, 6.07) is -5.64. The van der Waals surface area contributed by atoms with Crippen LogP contribution in [0.25, 0.3) is 0 Å². The van der Waals surface area contributed by atoms with Crippen molar-refractivity contribution < 1.29 is 70.7 Å². The molecule has 24 nitrogen and oxygen atoms in total. The Morgan fingerprint density at radius 3 is 1.82 bits per heavy atom. The molecule has 6 rings (SSSR count). The lowest BCUT2D eigenvalue weighted by molar-refractivity contribution is -0.156. The van der Waals surface area contributed by atoms with Gasteiger partial charge in [0.25, 0.3) is 0 Å². The topological polar surface area (TPSA) is 270 Å². The van der Waals surface area contributed by atoms with Crippen molar-refractivity contribution in [2.75, 3.05) is 88.6 Å². The second-order valence-electron chi connectivity index (χ2n) is 28.8. The molecule has 1 spiro atoms. The van der Waals surface area contributed by atoms with E-state index in [-0.39, 0.29) is 63.3 Å². The standard InChI is InChI=1S/C70H108ClF3N12O12/c1-14-44(5)59-66(96)80(9)41-57(89)78(7)42-58(90)82(11)53(38-46-24-17-16-18-25-46)64(94)79(8)40-55(87)75-50(30-28-47-27-29-48(49(71)37-47)70(72,73)74)63(93)86-35-23-26-51(86)62(92)77-69(31-19-20-32-69)68(98)84(13)60(45(6)15-2)67(97)83(12)54(65(95)85-33-21-22-34-85)39-56(88)81(10)52(36-43(3)4)61(91)76-59/h27,29,37,43-46,50-54,59-60H,14-26,28,30-36,38-42H2,1-13H3,(H,75,87)(H,76,91)(H,77,92)/t44-,45-,50-,51?,52-,53-,54+,59-,60-/m0/s1. The van der Waals surface area contributed by atoms with Crippen LogP contribution in [-0.2, 0) is 70.1 Å². The SMILES string of the molecule is CC[C@H](C)[C@@H]1NC(=O)[C@H](CC(C)C)N(C)C(=O)C[C@H](C(=O)N2CCCC2)N(C)C(=O)[C@H]([C@@H](C)CC)N(C)C(=O)C2(CCCC2)NC(=O)C2CCCN2C(=O)[C@H](CCc2ccc(C(F)(F)F)c(Cl)c2)NC(=O)CN(C)C(=O)[C@H](CC2CCCCC2)N(C)C(=O)CN(C)C(=O)CN(C)C1=O. The third-order valence-electron chi connectivity index (χ3n) is 21.2. The number of aryl methyl sites for hydroxylation is 1. The molecule has 1 aromatic carbocycles. The number of nitrogens with one attached hydrogen (secondary N) is 3. The number of rotatable bonds is 12. The van der Waals surface area contributed by atoms with Gasteiger partial charge in [-0.05, 0) is 106 Å². The molecular formula is C70H108ClF3N12O12. The van der Waals surface area contributed by atoms with Crippen molar-refractivity contribution in [3.63, 3.8) is 0 Å². The lowest BCUT2D eigenvalue weighted by Crippen LogP contribution is -2.65. The zero-order valence-corrected chi connectivity index (χ0v) is 60.7. The first kappa shape index (κ1) is 79.9. The van der Waals surface area contributed by atoms with Crippen LogP contribution in [0.15, 0.2) is 18.2 Å². The second kappa shape index (κ2) is 35.3. The monoisotopic (exact) mass is 1400 g/mol. The highest BCUT2D eigenvalue weighted by Gasteiger charge is 2.51. The summed E-state index contributed by atoms with van der Waals surface area (Å²) in [4.78, 5) is 189. The largest absolute Gasteiger partial charge is 0.417 e. The molecule has 5 fully saturated rings. The van der Waals surface area contributed by atoms with E-state index in [4.69, 9.17) is 11.6 Å². The van der Waals surface area contributed by atoms with E-state index < -0.39 is 173 Å². The van der Waals surface area contributed by atoms with Crippen molar-refractivity contribution in [1.82, 2.24) is 60.0 Å². The highest BCUT2D eigenvalue weighted by molar-refractivity contribution is 6.31. The minimum Gasteiger partial charge on any atom is -0.343 e. The summed E-state index contributed by atoms with van der Waals surface area (Å²) in [5.74, 6) is -9.06. The summed E-state index contributed by atoms with van der Waals surface area (Å²) in [7, 11) is 9.87. The van der Waals surface area contributed by atoms with Crippen molar-refractivity contribution in [2.24, 2.45) is 23.7 Å². The van der Waals surface area contributed by atoms with Crippen LogP contribution in [0.5, 0.6) is 0 Å². The highest BCUT2D eigenvalue weighted by Crippen LogP contribution is 2.37. The van der Waals surface area contributed by atoms with Gasteiger partial charge in [-0.15, -0.1) is 0 Å². The van der Waals surface area contributed by atoms with E-state index in [2.05, 4.69) is 16.0 Å². The van der Waals surface area contributed by atoms with Crippen molar-refractivity contribution in [3.05, 3.63) is 34.3 Å². The predicted molar refractivity (Wildman–Crippen MR) is 362 cm³/mol. The second-order valence-corrected chi connectivity index (χ2v) is 29.2. The van der Waals surface area contributed by atoms with Gasteiger partial charge in [-0.3, -0.25) is 57.5 Å². The van der Waals surface area contributed by atoms with Gasteiger partial charge in [0.15, 0.2) is 0 Å². The summed E-state index contributed by atoms with van der Waals surface area (Å²) < 4.78 is 41.5. The molecule has 28 heteroatoms. The lowest BCUT2D eigenvalue weighted by Gasteiger charge is -2.42. The highest BCUT2D eigenvalue weighted by atomic mass is 35.5. The maximum Gasteiger partial charge on any atom is 0.417 e. The van der Waals surface area contributed by atoms with E-state index in [9.17, 15) is 51.5 Å². The summed E-state index contributed by atoms with van der Waals surface area (Å²) in [5.41, 5.74) is -2.36. The molecule has 0 bridgehead atoms. The molecule has 2 saturated carbocycles. The van der Waals surface area contributed by atoms with Gasteiger partial charge in [-0.2, -0.15) is 13.2 Å². The van der Waals surface area contributed by atoms with Crippen molar-refractivity contribution in [1.29, 1.82) is 0 Å². The first-order valence-electron chi connectivity index (χ1n) is 35.2. The first-order chi connectivity index (χ1) is 46.1. The van der Waals surface area contributed by atoms with E-state index in [0.29, 0.717) is 63.6 Å². The Morgan fingerprint density at radius 2 is 1.22 bits per heavy atom. The number of carbonyl (C=O) groups excluding carboxylic acids is 12. The number of amides is 12. The van der Waals surface area contributed by atoms with Crippen LogP contribution in [0.2, 0.25) is 5.02 Å². The summed E-state index contributed by atoms with van der Waals surface area (Å²) in [6.45, 7) is 10.0. The quantitative estimate of drug-likeness (QED) is 0.234. The molecular weight excluding hydrogens is 1290 g/mol. The van der Waals surface area contributed by atoms with Gasteiger partial charge in [-0.25, -0.2) is 0 Å². The molecule has 12 amide bonds.